The van der Waals surface area contributed by atoms with Crippen molar-refractivity contribution in [3.63, 3.8) is 0 Å². The minimum Gasteiger partial charge on any atom is -0.341 e. The van der Waals surface area contributed by atoms with Crippen molar-refractivity contribution >= 4 is 30.7 Å². The van der Waals surface area contributed by atoms with Gasteiger partial charge in [0, 0.05) is 18.8 Å². The van der Waals surface area contributed by atoms with Gasteiger partial charge in [-0.05, 0) is 51.3 Å². The summed E-state index contributed by atoms with van der Waals surface area (Å²) < 4.78 is 1.82. The molecule has 21 heavy (non-hydrogen) atoms. The van der Waals surface area contributed by atoms with Crippen LogP contribution in [0.25, 0.3) is 0 Å². The SMILES string of the molecule is Cc1cc(C)n(CC(=O)N2CCC3CNCC3C2)n1.Cl.Cl. The molecule has 0 radical (unpaired) electrons. The number of aromatic nitrogens is 2. The molecule has 1 N–H and O–H groups in total. The number of amides is 1. The molecule has 3 heterocycles. The number of halogens is 2. The number of fused-ring (bicyclic) bond motifs is 1. The highest BCUT2D eigenvalue weighted by Crippen LogP contribution is 2.26. The normalized spacial score (nSPS) is 24.0. The number of carbonyl (C=O) groups excluding carboxylic acids is 1. The number of nitrogens with one attached hydrogen (secondary N) is 1. The number of piperidine rings is 1. The van der Waals surface area contributed by atoms with Gasteiger partial charge in [-0.15, -0.1) is 24.8 Å². The summed E-state index contributed by atoms with van der Waals surface area (Å²) in [6.45, 7) is 8.35. The Hall–Kier alpha value is -0.780. The van der Waals surface area contributed by atoms with Crippen LogP contribution in [-0.2, 0) is 11.3 Å². The second-order valence-corrected chi connectivity index (χ2v) is 5.89. The first-order valence-electron chi connectivity index (χ1n) is 7.13. The summed E-state index contributed by atoms with van der Waals surface area (Å²) in [6.07, 6.45) is 1.14. The van der Waals surface area contributed by atoms with Crippen LogP contribution >= 0.6 is 24.8 Å². The van der Waals surface area contributed by atoms with E-state index in [1.54, 1.807) is 0 Å². The van der Waals surface area contributed by atoms with Crippen LogP contribution in [-0.4, -0.2) is 46.8 Å². The minimum atomic E-state index is 0. The van der Waals surface area contributed by atoms with Gasteiger partial charge in [-0.2, -0.15) is 5.10 Å². The van der Waals surface area contributed by atoms with Gasteiger partial charge in [0.1, 0.15) is 6.54 Å². The first-order valence-corrected chi connectivity index (χ1v) is 7.13. The van der Waals surface area contributed by atoms with Crippen molar-refractivity contribution in [2.24, 2.45) is 11.8 Å². The van der Waals surface area contributed by atoms with E-state index in [-0.39, 0.29) is 30.7 Å². The first-order chi connectivity index (χ1) is 9.13. The fraction of sp³-hybridized carbons (Fsp3) is 0.714. The highest BCUT2D eigenvalue weighted by Gasteiger charge is 2.34. The van der Waals surface area contributed by atoms with Crippen LogP contribution in [0.1, 0.15) is 17.8 Å². The maximum Gasteiger partial charge on any atom is 0.244 e. The standard InChI is InChI=1S/C14H22N4O.2ClH/c1-10-5-11(2)18(16-10)9-14(19)17-4-3-12-6-15-7-13(12)8-17;;/h5,12-13,15H,3-4,6-9H2,1-2H3;2*1H. The molecule has 2 aliphatic heterocycles. The van der Waals surface area contributed by atoms with Gasteiger partial charge in [0.2, 0.25) is 5.91 Å². The summed E-state index contributed by atoms with van der Waals surface area (Å²) >= 11 is 0. The number of hydrogen-bond donors (Lipinski definition) is 1. The van der Waals surface area contributed by atoms with Gasteiger partial charge >= 0.3 is 0 Å². The lowest BCUT2D eigenvalue weighted by Crippen LogP contribution is -2.44. The summed E-state index contributed by atoms with van der Waals surface area (Å²) in [6, 6.07) is 2.01. The maximum absolute atomic E-state index is 12.4. The molecule has 1 aromatic rings. The Morgan fingerprint density at radius 1 is 1.33 bits per heavy atom. The van der Waals surface area contributed by atoms with Gasteiger partial charge in [0.05, 0.1) is 5.69 Å². The Bertz CT molecular complexity index is 491. The van der Waals surface area contributed by atoms with E-state index in [0.717, 1.165) is 49.9 Å². The Labute approximate surface area is 138 Å². The molecule has 1 aromatic heterocycles. The third-order valence-electron chi connectivity index (χ3n) is 4.45. The molecule has 0 aromatic carbocycles. The van der Waals surface area contributed by atoms with Gasteiger partial charge in [0.25, 0.3) is 0 Å². The van der Waals surface area contributed by atoms with Gasteiger partial charge in [-0.3, -0.25) is 9.48 Å². The maximum atomic E-state index is 12.4. The molecule has 2 atom stereocenters. The molecule has 0 saturated carbocycles. The smallest absolute Gasteiger partial charge is 0.244 e. The van der Waals surface area contributed by atoms with Gasteiger partial charge in [-0.25, -0.2) is 0 Å². The highest BCUT2D eigenvalue weighted by atomic mass is 35.5. The van der Waals surface area contributed by atoms with E-state index in [2.05, 4.69) is 10.4 Å². The quantitative estimate of drug-likeness (QED) is 0.889. The Balaban J connectivity index is 0.00000110. The molecule has 2 saturated heterocycles. The minimum absolute atomic E-state index is 0. The Kier molecular flexibility index (Phi) is 6.50. The predicted octanol–water partition coefficient (Wildman–Crippen LogP) is 1.41. The predicted molar refractivity (Wildman–Crippen MR) is 87.2 cm³/mol. The van der Waals surface area contributed by atoms with E-state index in [4.69, 9.17) is 0 Å². The van der Waals surface area contributed by atoms with E-state index in [1.165, 1.54) is 0 Å². The number of rotatable bonds is 2. The summed E-state index contributed by atoms with van der Waals surface area (Å²) in [5.74, 6) is 1.63. The first kappa shape index (κ1) is 18.3. The van der Waals surface area contributed by atoms with Gasteiger partial charge in [-0.1, -0.05) is 0 Å². The number of aryl methyl sites for hydroxylation is 2. The molecular formula is C14H24Cl2N4O. The highest BCUT2D eigenvalue weighted by molar-refractivity contribution is 5.85. The lowest BCUT2D eigenvalue weighted by Gasteiger charge is -2.34. The molecule has 0 aliphatic carbocycles. The Morgan fingerprint density at radius 3 is 2.71 bits per heavy atom. The van der Waals surface area contributed by atoms with Crippen LogP contribution in [0.3, 0.4) is 0 Å². The Morgan fingerprint density at radius 2 is 2.05 bits per heavy atom. The fourth-order valence-electron chi connectivity index (χ4n) is 3.32. The van der Waals surface area contributed by atoms with Crippen LogP contribution in [0.4, 0.5) is 0 Å². The molecule has 3 rings (SSSR count). The van der Waals surface area contributed by atoms with Crippen molar-refractivity contribution in [3.05, 3.63) is 17.5 Å². The molecule has 120 valence electrons. The van der Waals surface area contributed by atoms with E-state index in [9.17, 15) is 4.79 Å². The zero-order valence-corrected chi connectivity index (χ0v) is 14.2. The van der Waals surface area contributed by atoms with E-state index < -0.39 is 0 Å². The van der Waals surface area contributed by atoms with E-state index in [1.807, 2.05) is 29.5 Å². The van der Waals surface area contributed by atoms with Crippen molar-refractivity contribution in [3.8, 4) is 0 Å². The second-order valence-electron chi connectivity index (χ2n) is 5.89. The largest absolute Gasteiger partial charge is 0.341 e. The molecule has 0 spiro atoms. The average molecular weight is 335 g/mol. The number of nitrogens with zero attached hydrogens (tertiary/aromatic N) is 3. The fourth-order valence-corrected chi connectivity index (χ4v) is 3.32. The second kappa shape index (κ2) is 7.47. The zero-order chi connectivity index (χ0) is 13.4. The monoisotopic (exact) mass is 334 g/mol. The molecule has 2 unspecified atom stereocenters. The summed E-state index contributed by atoms with van der Waals surface area (Å²) in [5, 5.41) is 7.80. The van der Waals surface area contributed by atoms with Crippen LogP contribution in [0.2, 0.25) is 0 Å². The van der Waals surface area contributed by atoms with Crippen molar-refractivity contribution in [1.29, 1.82) is 0 Å². The number of likely N-dealkylation sites (tertiary alicyclic amines) is 1. The molecule has 1 amide bonds. The van der Waals surface area contributed by atoms with Crippen molar-refractivity contribution in [1.82, 2.24) is 20.0 Å². The van der Waals surface area contributed by atoms with E-state index >= 15 is 0 Å². The topological polar surface area (TPSA) is 50.2 Å². The van der Waals surface area contributed by atoms with Crippen LogP contribution in [0.5, 0.6) is 0 Å². The lowest BCUT2D eigenvalue weighted by atomic mass is 9.89. The molecule has 5 nitrogen and oxygen atoms in total. The average Bonchev–Trinajstić information content (AvgIpc) is 2.95. The molecule has 2 aliphatic rings. The summed E-state index contributed by atoms with van der Waals surface area (Å²) in [4.78, 5) is 14.4. The number of carbonyl (C=O) groups is 1. The van der Waals surface area contributed by atoms with Crippen molar-refractivity contribution in [2.45, 2.75) is 26.8 Å². The molecule has 2 fully saturated rings. The zero-order valence-electron chi connectivity index (χ0n) is 12.5. The summed E-state index contributed by atoms with van der Waals surface area (Å²) in [7, 11) is 0. The number of hydrogen-bond acceptors (Lipinski definition) is 3. The van der Waals surface area contributed by atoms with E-state index in [0.29, 0.717) is 12.5 Å². The van der Waals surface area contributed by atoms with Crippen LogP contribution in [0.15, 0.2) is 6.07 Å². The third kappa shape index (κ3) is 3.90. The summed E-state index contributed by atoms with van der Waals surface area (Å²) in [5.41, 5.74) is 2.03. The van der Waals surface area contributed by atoms with Gasteiger partial charge in [0.15, 0.2) is 0 Å². The molecular weight excluding hydrogens is 311 g/mol. The van der Waals surface area contributed by atoms with Crippen LogP contribution < -0.4 is 5.32 Å². The molecule has 7 heteroatoms. The van der Waals surface area contributed by atoms with Crippen LogP contribution in [0, 0.1) is 25.7 Å². The van der Waals surface area contributed by atoms with Crippen molar-refractivity contribution < 1.29 is 4.79 Å². The van der Waals surface area contributed by atoms with Crippen molar-refractivity contribution in [2.75, 3.05) is 26.2 Å². The lowest BCUT2D eigenvalue weighted by molar-refractivity contribution is -0.134. The third-order valence-corrected chi connectivity index (χ3v) is 4.45. The van der Waals surface area contributed by atoms with Gasteiger partial charge < -0.3 is 10.2 Å². The molecule has 0 bridgehead atoms.